The van der Waals surface area contributed by atoms with Crippen molar-refractivity contribution >= 4 is 11.8 Å². The fourth-order valence-corrected chi connectivity index (χ4v) is 1.75. The van der Waals surface area contributed by atoms with Crippen molar-refractivity contribution in [1.29, 1.82) is 0 Å². The number of hydrogen-bond donors (Lipinski definition) is 1. The molecule has 0 unspecified atom stereocenters. The molecule has 0 saturated heterocycles. The highest BCUT2D eigenvalue weighted by Crippen LogP contribution is 2.10. The van der Waals surface area contributed by atoms with Crippen LogP contribution in [0.1, 0.15) is 25.3 Å². The average Bonchev–Trinajstić information content (AvgIpc) is 2.52. The minimum absolute atomic E-state index is 0.544. The van der Waals surface area contributed by atoms with Gasteiger partial charge >= 0.3 is 0 Å². The SMILES string of the molecule is CCCCN(C)c1cnnc(NCc2ccncc2)n1. The van der Waals surface area contributed by atoms with Crippen molar-refractivity contribution < 1.29 is 0 Å². The molecule has 0 aliphatic carbocycles. The van der Waals surface area contributed by atoms with E-state index in [-0.39, 0.29) is 0 Å². The standard InChI is InChI=1S/C14H20N6/c1-3-4-9-20(2)13-11-17-19-14(18-13)16-10-12-5-7-15-8-6-12/h5-8,11H,3-4,9-10H2,1-2H3,(H,16,18,19). The van der Waals surface area contributed by atoms with E-state index in [2.05, 4.69) is 37.3 Å². The van der Waals surface area contributed by atoms with E-state index in [4.69, 9.17) is 0 Å². The Morgan fingerprint density at radius 3 is 2.80 bits per heavy atom. The molecule has 2 aromatic rings. The van der Waals surface area contributed by atoms with Gasteiger partial charge in [0.15, 0.2) is 5.82 Å². The van der Waals surface area contributed by atoms with Crippen molar-refractivity contribution in [2.75, 3.05) is 23.8 Å². The monoisotopic (exact) mass is 272 g/mol. The average molecular weight is 272 g/mol. The van der Waals surface area contributed by atoms with Crippen LogP contribution < -0.4 is 10.2 Å². The van der Waals surface area contributed by atoms with Crippen LogP contribution in [0.25, 0.3) is 0 Å². The number of rotatable bonds is 7. The van der Waals surface area contributed by atoms with Gasteiger partial charge in [-0.1, -0.05) is 13.3 Å². The van der Waals surface area contributed by atoms with Crippen LogP contribution in [0.5, 0.6) is 0 Å². The zero-order chi connectivity index (χ0) is 14.2. The van der Waals surface area contributed by atoms with Crippen molar-refractivity contribution in [3.8, 4) is 0 Å². The van der Waals surface area contributed by atoms with E-state index < -0.39 is 0 Å². The molecule has 0 bridgehead atoms. The first kappa shape index (κ1) is 14.2. The summed E-state index contributed by atoms with van der Waals surface area (Å²) in [5.74, 6) is 1.38. The Kier molecular flexibility index (Phi) is 5.23. The van der Waals surface area contributed by atoms with Crippen molar-refractivity contribution in [3.05, 3.63) is 36.3 Å². The topological polar surface area (TPSA) is 66.8 Å². The third-order valence-electron chi connectivity index (χ3n) is 2.98. The van der Waals surface area contributed by atoms with Crippen molar-refractivity contribution in [1.82, 2.24) is 20.2 Å². The fourth-order valence-electron chi connectivity index (χ4n) is 1.75. The lowest BCUT2D eigenvalue weighted by atomic mass is 10.3. The van der Waals surface area contributed by atoms with Crippen LogP contribution in [-0.4, -0.2) is 33.8 Å². The van der Waals surface area contributed by atoms with Crippen molar-refractivity contribution in [2.45, 2.75) is 26.3 Å². The van der Waals surface area contributed by atoms with Crippen molar-refractivity contribution in [2.24, 2.45) is 0 Å². The summed E-state index contributed by atoms with van der Waals surface area (Å²) in [5.41, 5.74) is 1.13. The fraction of sp³-hybridized carbons (Fsp3) is 0.429. The van der Waals surface area contributed by atoms with Gasteiger partial charge in [0.1, 0.15) is 0 Å². The summed E-state index contributed by atoms with van der Waals surface area (Å²) in [6, 6.07) is 3.91. The van der Waals surface area contributed by atoms with Gasteiger partial charge in [0.2, 0.25) is 5.95 Å². The maximum absolute atomic E-state index is 4.47. The first-order chi connectivity index (χ1) is 9.79. The van der Waals surface area contributed by atoms with Crippen LogP contribution in [0.4, 0.5) is 11.8 Å². The Morgan fingerprint density at radius 1 is 1.25 bits per heavy atom. The lowest BCUT2D eigenvalue weighted by Crippen LogP contribution is -2.20. The van der Waals surface area contributed by atoms with Crippen LogP contribution in [0.15, 0.2) is 30.7 Å². The lowest BCUT2D eigenvalue weighted by Gasteiger charge is -2.17. The maximum atomic E-state index is 4.47. The summed E-state index contributed by atoms with van der Waals surface area (Å²) in [5, 5.41) is 11.2. The second-order valence-electron chi connectivity index (χ2n) is 4.62. The first-order valence-electron chi connectivity index (χ1n) is 6.83. The minimum atomic E-state index is 0.544. The van der Waals surface area contributed by atoms with Crippen LogP contribution in [-0.2, 0) is 6.54 Å². The van der Waals surface area contributed by atoms with E-state index in [1.807, 2.05) is 19.2 Å². The molecule has 2 aromatic heterocycles. The molecular weight excluding hydrogens is 252 g/mol. The quantitative estimate of drug-likeness (QED) is 0.832. The Labute approximate surface area is 119 Å². The molecule has 2 heterocycles. The Bertz CT molecular complexity index is 516. The Hall–Kier alpha value is -2.24. The number of aromatic nitrogens is 4. The van der Waals surface area contributed by atoms with E-state index in [0.29, 0.717) is 12.5 Å². The molecule has 6 nitrogen and oxygen atoms in total. The zero-order valence-corrected chi connectivity index (χ0v) is 12.0. The van der Waals surface area contributed by atoms with Gasteiger partial charge in [0.05, 0.1) is 6.20 Å². The molecule has 0 aliphatic heterocycles. The molecule has 0 saturated carbocycles. The predicted molar refractivity (Wildman–Crippen MR) is 79.6 cm³/mol. The maximum Gasteiger partial charge on any atom is 0.244 e. The number of nitrogens with one attached hydrogen (secondary N) is 1. The van der Waals surface area contributed by atoms with Gasteiger partial charge in [-0.25, -0.2) is 0 Å². The molecule has 0 spiro atoms. The van der Waals surface area contributed by atoms with E-state index in [1.165, 1.54) is 0 Å². The van der Waals surface area contributed by atoms with Gasteiger partial charge in [-0.05, 0) is 24.1 Å². The molecule has 20 heavy (non-hydrogen) atoms. The summed E-state index contributed by atoms with van der Waals surface area (Å²) < 4.78 is 0. The molecular formula is C14H20N6. The normalized spacial score (nSPS) is 10.3. The summed E-state index contributed by atoms with van der Waals surface area (Å²) in [4.78, 5) is 10.5. The number of anilines is 2. The molecule has 0 aromatic carbocycles. The van der Waals surface area contributed by atoms with Gasteiger partial charge in [-0.15, -0.1) is 5.10 Å². The van der Waals surface area contributed by atoms with Crippen LogP contribution in [0, 0.1) is 0 Å². The molecule has 2 rings (SSSR count). The van der Waals surface area contributed by atoms with Crippen LogP contribution in [0.3, 0.4) is 0 Å². The number of unbranched alkanes of at least 4 members (excludes halogenated alkanes) is 1. The van der Waals surface area contributed by atoms with Gasteiger partial charge in [0.25, 0.3) is 0 Å². The molecule has 0 atom stereocenters. The summed E-state index contributed by atoms with van der Waals surface area (Å²) in [7, 11) is 2.02. The first-order valence-corrected chi connectivity index (χ1v) is 6.83. The van der Waals surface area contributed by atoms with E-state index in [0.717, 1.165) is 30.8 Å². The largest absolute Gasteiger partial charge is 0.358 e. The highest BCUT2D eigenvalue weighted by atomic mass is 15.3. The molecule has 0 fully saturated rings. The molecule has 106 valence electrons. The van der Waals surface area contributed by atoms with Gasteiger partial charge < -0.3 is 10.2 Å². The van der Waals surface area contributed by atoms with Crippen LogP contribution in [0.2, 0.25) is 0 Å². The summed E-state index contributed by atoms with van der Waals surface area (Å²) in [6.07, 6.45) is 7.53. The van der Waals surface area contributed by atoms with E-state index in [1.54, 1.807) is 18.6 Å². The predicted octanol–water partition coefficient (Wildman–Crippen LogP) is 2.11. The summed E-state index contributed by atoms with van der Waals surface area (Å²) >= 11 is 0. The molecule has 1 N–H and O–H groups in total. The minimum Gasteiger partial charge on any atom is -0.358 e. The van der Waals surface area contributed by atoms with Crippen LogP contribution >= 0.6 is 0 Å². The highest BCUT2D eigenvalue weighted by molar-refractivity contribution is 5.39. The van der Waals surface area contributed by atoms with Gasteiger partial charge in [-0.3, -0.25) is 4.98 Å². The third kappa shape index (κ3) is 4.15. The van der Waals surface area contributed by atoms with E-state index >= 15 is 0 Å². The molecule has 0 amide bonds. The number of pyridine rings is 1. The molecule has 0 radical (unpaired) electrons. The molecule has 6 heteroatoms. The van der Waals surface area contributed by atoms with E-state index in [9.17, 15) is 0 Å². The van der Waals surface area contributed by atoms with Crippen molar-refractivity contribution in [3.63, 3.8) is 0 Å². The number of hydrogen-bond acceptors (Lipinski definition) is 6. The number of nitrogens with zero attached hydrogens (tertiary/aromatic N) is 5. The highest BCUT2D eigenvalue weighted by Gasteiger charge is 2.05. The Morgan fingerprint density at radius 2 is 2.05 bits per heavy atom. The van der Waals surface area contributed by atoms with Gasteiger partial charge in [-0.2, -0.15) is 10.1 Å². The second-order valence-corrected chi connectivity index (χ2v) is 4.62. The smallest absolute Gasteiger partial charge is 0.244 e. The third-order valence-corrected chi connectivity index (χ3v) is 2.98. The molecule has 0 aliphatic rings. The lowest BCUT2D eigenvalue weighted by molar-refractivity contribution is 0.753. The Balaban J connectivity index is 1.95. The second kappa shape index (κ2) is 7.37. The summed E-state index contributed by atoms with van der Waals surface area (Å²) in [6.45, 7) is 3.80. The van der Waals surface area contributed by atoms with Gasteiger partial charge in [0, 0.05) is 32.5 Å². The zero-order valence-electron chi connectivity index (χ0n) is 12.0.